The van der Waals surface area contributed by atoms with Crippen LogP contribution in [0, 0.1) is 0 Å². The summed E-state index contributed by atoms with van der Waals surface area (Å²) in [4.78, 5) is 16.3. The predicted octanol–water partition coefficient (Wildman–Crippen LogP) is 3.31. The lowest BCUT2D eigenvalue weighted by atomic mass is 10.1. The number of halogens is 2. The molecule has 2 rings (SSSR count). The van der Waals surface area contributed by atoms with E-state index in [0.29, 0.717) is 6.42 Å². The topological polar surface area (TPSA) is 68.0 Å². The molecular formula is C15H23Cl2N3OS. The van der Waals surface area contributed by atoms with Gasteiger partial charge >= 0.3 is 0 Å². The fraction of sp³-hybridized carbons (Fsp3) is 0.467. The van der Waals surface area contributed by atoms with Gasteiger partial charge in [-0.15, -0.1) is 36.2 Å². The Labute approximate surface area is 147 Å². The molecule has 7 heteroatoms. The molecule has 124 valence electrons. The van der Waals surface area contributed by atoms with Crippen LogP contribution in [0.1, 0.15) is 31.7 Å². The van der Waals surface area contributed by atoms with E-state index in [-0.39, 0.29) is 42.8 Å². The Balaban J connectivity index is 0.00000220. The zero-order valence-electron chi connectivity index (χ0n) is 12.7. The first-order valence-electron chi connectivity index (χ1n) is 6.94. The number of fused-ring (bicyclic) bond motifs is 1. The van der Waals surface area contributed by atoms with Crippen LogP contribution in [0.15, 0.2) is 24.3 Å². The molecule has 3 N–H and O–H groups in total. The van der Waals surface area contributed by atoms with Crippen LogP contribution in [0.25, 0.3) is 10.2 Å². The summed E-state index contributed by atoms with van der Waals surface area (Å²) in [6.45, 7) is 3.92. The number of para-hydroxylation sites is 1. The number of carbonyl (C=O) groups excluding carboxylic acids is 1. The Morgan fingerprint density at radius 1 is 1.32 bits per heavy atom. The summed E-state index contributed by atoms with van der Waals surface area (Å²) >= 11 is 1.69. The molecule has 0 saturated carbocycles. The van der Waals surface area contributed by atoms with Crippen molar-refractivity contribution < 1.29 is 4.79 Å². The van der Waals surface area contributed by atoms with E-state index in [0.717, 1.165) is 23.4 Å². The molecular weight excluding hydrogens is 341 g/mol. The van der Waals surface area contributed by atoms with Crippen molar-refractivity contribution in [2.75, 3.05) is 0 Å². The van der Waals surface area contributed by atoms with Gasteiger partial charge in [-0.3, -0.25) is 4.79 Å². The highest BCUT2D eigenvalue weighted by Crippen LogP contribution is 2.22. The largest absolute Gasteiger partial charge is 0.353 e. The van der Waals surface area contributed by atoms with Crippen molar-refractivity contribution in [2.24, 2.45) is 5.73 Å². The molecule has 22 heavy (non-hydrogen) atoms. The van der Waals surface area contributed by atoms with E-state index < -0.39 is 0 Å². The lowest BCUT2D eigenvalue weighted by molar-refractivity contribution is -0.121. The van der Waals surface area contributed by atoms with E-state index in [2.05, 4.69) is 16.4 Å². The molecule has 0 radical (unpaired) electrons. The Morgan fingerprint density at radius 2 is 2.00 bits per heavy atom. The van der Waals surface area contributed by atoms with Crippen molar-refractivity contribution >= 4 is 52.3 Å². The lowest BCUT2D eigenvalue weighted by Crippen LogP contribution is -2.34. The number of benzene rings is 1. The van der Waals surface area contributed by atoms with E-state index in [1.807, 2.05) is 32.0 Å². The molecule has 1 heterocycles. The SMILES string of the molecule is CC(N)CCC(=O)NC(C)Cc1nc2ccccc2s1.Cl.Cl. The summed E-state index contributed by atoms with van der Waals surface area (Å²) in [5, 5.41) is 4.06. The molecule has 0 spiro atoms. The number of hydrogen-bond acceptors (Lipinski definition) is 4. The zero-order chi connectivity index (χ0) is 14.5. The van der Waals surface area contributed by atoms with Crippen LogP contribution >= 0.6 is 36.2 Å². The van der Waals surface area contributed by atoms with E-state index in [4.69, 9.17) is 5.73 Å². The van der Waals surface area contributed by atoms with Crippen LogP contribution in [0.3, 0.4) is 0 Å². The molecule has 0 aliphatic carbocycles. The molecule has 0 aliphatic rings. The summed E-state index contributed by atoms with van der Waals surface area (Å²) < 4.78 is 1.19. The minimum absolute atomic E-state index is 0. The Hall–Kier alpha value is -0.880. The third kappa shape index (κ3) is 6.48. The molecule has 2 unspecified atom stereocenters. The molecule has 0 saturated heterocycles. The number of nitrogens with zero attached hydrogens (tertiary/aromatic N) is 1. The maximum Gasteiger partial charge on any atom is 0.220 e. The van der Waals surface area contributed by atoms with Crippen LogP contribution in [-0.2, 0) is 11.2 Å². The van der Waals surface area contributed by atoms with Gasteiger partial charge in [0.15, 0.2) is 0 Å². The smallest absolute Gasteiger partial charge is 0.220 e. The van der Waals surface area contributed by atoms with Crippen molar-refractivity contribution in [2.45, 2.75) is 45.2 Å². The van der Waals surface area contributed by atoms with Crippen molar-refractivity contribution in [3.63, 3.8) is 0 Å². The van der Waals surface area contributed by atoms with Gasteiger partial charge in [-0.25, -0.2) is 4.98 Å². The van der Waals surface area contributed by atoms with Gasteiger partial charge < -0.3 is 11.1 Å². The zero-order valence-corrected chi connectivity index (χ0v) is 15.2. The molecule has 2 atom stereocenters. The molecule has 0 fully saturated rings. The number of nitrogens with one attached hydrogen (secondary N) is 1. The number of amides is 1. The van der Waals surface area contributed by atoms with Crippen molar-refractivity contribution in [3.8, 4) is 0 Å². The molecule has 1 amide bonds. The van der Waals surface area contributed by atoms with E-state index in [1.165, 1.54) is 4.70 Å². The summed E-state index contributed by atoms with van der Waals surface area (Å²) in [7, 11) is 0. The van der Waals surface area contributed by atoms with Crippen molar-refractivity contribution in [3.05, 3.63) is 29.3 Å². The third-order valence-electron chi connectivity index (χ3n) is 3.05. The standard InChI is InChI=1S/C15H21N3OS.2ClH/c1-10(16)7-8-14(19)17-11(2)9-15-18-12-5-3-4-6-13(12)20-15;;/h3-6,10-11H,7-9,16H2,1-2H3,(H,17,19);2*1H. The summed E-state index contributed by atoms with van der Waals surface area (Å²) in [6.07, 6.45) is 1.98. The summed E-state index contributed by atoms with van der Waals surface area (Å²) in [5.41, 5.74) is 6.68. The van der Waals surface area contributed by atoms with Crippen molar-refractivity contribution in [1.82, 2.24) is 10.3 Å². The van der Waals surface area contributed by atoms with Gasteiger partial charge in [-0.2, -0.15) is 0 Å². The predicted molar refractivity (Wildman–Crippen MR) is 98.3 cm³/mol. The van der Waals surface area contributed by atoms with Gasteiger partial charge in [-0.05, 0) is 32.4 Å². The molecule has 1 aromatic heterocycles. The van der Waals surface area contributed by atoms with Crippen LogP contribution in [0.4, 0.5) is 0 Å². The summed E-state index contributed by atoms with van der Waals surface area (Å²) in [6, 6.07) is 8.26. The molecule has 2 aromatic rings. The number of carbonyl (C=O) groups is 1. The Bertz CT molecular complexity index is 556. The fourth-order valence-electron chi connectivity index (χ4n) is 2.03. The third-order valence-corrected chi connectivity index (χ3v) is 4.11. The number of rotatable bonds is 6. The highest BCUT2D eigenvalue weighted by Gasteiger charge is 2.11. The minimum Gasteiger partial charge on any atom is -0.353 e. The number of nitrogens with two attached hydrogens (primary N) is 1. The second kappa shape index (κ2) is 10.0. The first-order valence-corrected chi connectivity index (χ1v) is 7.75. The Morgan fingerprint density at radius 3 is 2.64 bits per heavy atom. The van der Waals surface area contributed by atoms with E-state index >= 15 is 0 Å². The van der Waals surface area contributed by atoms with Gasteiger partial charge in [0, 0.05) is 24.9 Å². The van der Waals surface area contributed by atoms with E-state index in [9.17, 15) is 4.79 Å². The average molecular weight is 364 g/mol. The molecule has 0 aliphatic heterocycles. The first-order chi connectivity index (χ1) is 9.54. The normalized spacial score (nSPS) is 12.9. The number of thiazole rings is 1. The highest BCUT2D eigenvalue weighted by atomic mass is 35.5. The van der Waals surface area contributed by atoms with Crippen LogP contribution < -0.4 is 11.1 Å². The number of hydrogen-bond donors (Lipinski definition) is 2. The Kier molecular flexibility index (Phi) is 9.60. The second-order valence-electron chi connectivity index (χ2n) is 5.26. The van der Waals surface area contributed by atoms with Crippen LogP contribution in [0.5, 0.6) is 0 Å². The molecule has 1 aromatic carbocycles. The number of aromatic nitrogens is 1. The van der Waals surface area contributed by atoms with Crippen molar-refractivity contribution in [1.29, 1.82) is 0 Å². The van der Waals surface area contributed by atoms with Gasteiger partial charge in [0.25, 0.3) is 0 Å². The highest BCUT2D eigenvalue weighted by molar-refractivity contribution is 7.18. The maximum absolute atomic E-state index is 11.7. The fourth-order valence-corrected chi connectivity index (χ4v) is 3.12. The van der Waals surface area contributed by atoms with Gasteiger partial charge in [0.05, 0.1) is 15.2 Å². The van der Waals surface area contributed by atoms with Gasteiger partial charge in [0.1, 0.15) is 0 Å². The molecule has 4 nitrogen and oxygen atoms in total. The molecule has 0 bridgehead atoms. The monoisotopic (exact) mass is 363 g/mol. The van der Waals surface area contributed by atoms with Crippen LogP contribution in [0.2, 0.25) is 0 Å². The van der Waals surface area contributed by atoms with Crippen LogP contribution in [-0.4, -0.2) is 23.0 Å². The maximum atomic E-state index is 11.7. The average Bonchev–Trinajstić information content (AvgIpc) is 2.78. The quantitative estimate of drug-likeness (QED) is 0.826. The van der Waals surface area contributed by atoms with E-state index in [1.54, 1.807) is 11.3 Å². The van der Waals surface area contributed by atoms with Gasteiger partial charge in [-0.1, -0.05) is 12.1 Å². The minimum atomic E-state index is 0. The first kappa shape index (κ1) is 21.1. The second-order valence-corrected chi connectivity index (χ2v) is 6.38. The lowest BCUT2D eigenvalue weighted by Gasteiger charge is -2.13. The summed E-state index contributed by atoms with van der Waals surface area (Å²) in [5.74, 6) is 0.0657. The van der Waals surface area contributed by atoms with Gasteiger partial charge in [0.2, 0.25) is 5.91 Å².